The van der Waals surface area contributed by atoms with Crippen molar-refractivity contribution in [2.45, 2.75) is 12.5 Å². The van der Waals surface area contributed by atoms with Crippen LogP contribution in [0.25, 0.3) is 0 Å². The van der Waals surface area contributed by atoms with Crippen molar-refractivity contribution >= 4 is 0 Å². The van der Waals surface area contributed by atoms with Crippen LogP contribution in [-0.2, 0) is 39.7 Å². The summed E-state index contributed by atoms with van der Waals surface area (Å²) in [6.07, 6.45) is 0. The van der Waals surface area contributed by atoms with Crippen LogP contribution in [0.1, 0.15) is 18.1 Å². The molecule has 0 aliphatic rings. The number of hydrogen-bond donors (Lipinski definition) is 1. The summed E-state index contributed by atoms with van der Waals surface area (Å²) in [7, 11) is 0. The summed E-state index contributed by atoms with van der Waals surface area (Å²) in [5.41, 5.74) is 1.03. The molecule has 0 amide bonds. The van der Waals surface area contributed by atoms with Gasteiger partial charge in [-0.05, 0) is 6.92 Å². The summed E-state index contributed by atoms with van der Waals surface area (Å²) in [6.45, 7) is 1.82. The second kappa shape index (κ2) is 12.7. The van der Waals surface area contributed by atoms with Crippen molar-refractivity contribution in [3.63, 3.8) is 0 Å². The van der Waals surface area contributed by atoms with Gasteiger partial charge in [-0.2, -0.15) is 60.7 Å². The van der Waals surface area contributed by atoms with Crippen LogP contribution in [-0.4, -0.2) is 5.11 Å². The van der Waals surface area contributed by atoms with E-state index in [2.05, 4.69) is 0 Å². The molecular weight excluding hydrogens is 392 g/mol. The molecule has 0 saturated carbocycles. The van der Waals surface area contributed by atoms with E-state index in [1.54, 1.807) is 0 Å². The first-order chi connectivity index (χ1) is 11.2. The maximum absolute atomic E-state index is 10.2. The maximum atomic E-state index is 10.2. The van der Waals surface area contributed by atoms with Crippen LogP contribution in [0.3, 0.4) is 0 Å². The third-order valence-corrected chi connectivity index (χ3v) is 3.56. The molecule has 0 aromatic heterocycles. The van der Waals surface area contributed by atoms with E-state index in [9.17, 15) is 5.11 Å². The first-order valence-corrected chi connectivity index (χ1v) is 7.71. The van der Waals surface area contributed by atoms with E-state index in [-0.39, 0.29) is 34.1 Å². The molecule has 0 atom stereocenters. The van der Waals surface area contributed by atoms with Gasteiger partial charge in [0, 0.05) is 5.60 Å². The molecule has 4 aromatic rings. The van der Waals surface area contributed by atoms with Gasteiger partial charge in [-0.1, -0.05) is 0 Å². The van der Waals surface area contributed by atoms with Gasteiger partial charge in [0.25, 0.3) is 0 Å². The largest absolute Gasteiger partial charge is 2.00 e. The quantitative estimate of drug-likeness (QED) is 0.354. The van der Waals surface area contributed by atoms with E-state index in [1.807, 2.05) is 116 Å². The van der Waals surface area contributed by atoms with Gasteiger partial charge in [0.1, 0.15) is 0 Å². The van der Waals surface area contributed by atoms with E-state index in [1.165, 1.54) is 0 Å². The molecule has 0 bridgehead atoms. The molecule has 0 radical (unpaired) electrons. The SMILES string of the molecule is CC(O)([c-]1cccc1)[c-]1cccc1.[Fe+2].[Fe+2].c1cc[cH-]c1.c1cc[cH-]c1. The summed E-state index contributed by atoms with van der Waals surface area (Å²) in [5, 5.41) is 10.2. The third kappa shape index (κ3) is 7.88. The van der Waals surface area contributed by atoms with Gasteiger partial charge in [0.2, 0.25) is 0 Å². The summed E-state index contributed by atoms with van der Waals surface area (Å²) >= 11 is 0. The van der Waals surface area contributed by atoms with Crippen molar-refractivity contribution in [3.05, 3.63) is 120 Å². The van der Waals surface area contributed by atoms with Crippen molar-refractivity contribution in [2.75, 3.05) is 0 Å². The molecule has 1 N–H and O–H groups in total. The van der Waals surface area contributed by atoms with Gasteiger partial charge in [-0.25, -0.2) is 48.5 Å². The summed E-state index contributed by atoms with van der Waals surface area (Å²) in [6, 6.07) is 35.5. The molecule has 4 aromatic carbocycles. The standard InChI is InChI=1S/C12H12O.2C5H5.2Fe/c1-12(13,10-6-2-3-7-10)11-8-4-5-9-11;2*1-2-4-5-3-1;;/h2-9,13H,1H3;2*1-5H;;/q-2;2*-1;2*+2. The van der Waals surface area contributed by atoms with Crippen molar-refractivity contribution in [2.24, 2.45) is 0 Å². The first kappa shape index (κ1) is 23.4. The normalized spacial score (nSPS) is 9.36. The molecule has 0 aliphatic carbocycles. The topological polar surface area (TPSA) is 20.2 Å². The minimum atomic E-state index is -0.854. The van der Waals surface area contributed by atoms with Crippen LogP contribution in [0, 0.1) is 0 Å². The van der Waals surface area contributed by atoms with Crippen LogP contribution in [0.5, 0.6) is 0 Å². The van der Waals surface area contributed by atoms with Gasteiger partial charge >= 0.3 is 34.1 Å². The van der Waals surface area contributed by atoms with Crippen molar-refractivity contribution in [3.8, 4) is 0 Å². The summed E-state index contributed by atoms with van der Waals surface area (Å²) in [5.74, 6) is 0. The average Bonchev–Trinajstić information content (AvgIpc) is 3.44. The monoisotopic (exact) mass is 414 g/mol. The minimum absolute atomic E-state index is 0. The number of rotatable bonds is 2. The third-order valence-electron chi connectivity index (χ3n) is 3.56. The Kier molecular flexibility index (Phi) is 11.9. The van der Waals surface area contributed by atoms with E-state index >= 15 is 0 Å². The molecule has 0 heterocycles. The molecule has 0 fully saturated rings. The van der Waals surface area contributed by atoms with Gasteiger partial charge in [-0.3, -0.25) is 0 Å². The molecule has 0 spiro atoms. The Morgan fingerprint density at radius 1 is 0.600 bits per heavy atom. The zero-order valence-corrected chi connectivity index (χ0v) is 16.3. The van der Waals surface area contributed by atoms with Crippen LogP contribution in [0.4, 0.5) is 0 Å². The molecule has 0 aliphatic heterocycles. The first-order valence-electron chi connectivity index (χ1n) is 7.71. The Morgan fingerprint density at radius 2 is 0.880 bits per heavy atom. The predicted octanol–water partition coefficient (Wildman–Crippen LogP) is 5.19. The summed E-state index contributed by atoms with van der Waals surface area (Å²) in [4.78, 5) is 0. The molecule has 1 nitrogen and oxygen atoms in total. The number of hydrogen-bond acceptors (Lipinski definition) is 1. The Morgan fingerprint density at radius 3 is 1.08 bits per heavy atom. The molecule has 132 valence electrons. The summed E-state index contributed by atoms with van der Waals surface area (Å²) < 4.78 is 0. The molecule has 4 rings (SSSR count). The molecule has 25 heavy (non-hydrogen) atoms. The van der Waals surface area contributed by atoms with Gasteiger partial charge in [0.15, 0.2) is 0 Å². The van der Waals surface area contributed by atoms with E-state index < -0.39 is 5.60 Å². The maximum Gasteiger partial charge on any atom is 2.00 e. The van der Waals surface area contributed by atoms with Crippen LogP contribution >= 0.6 is 0 Å². The molecule has 3 heteroatoms. The average molecular weight is 414 g/mol. The van der Waals surface area contributed by atoms with E-state index in [0.29, 0.717) is 0 Å². The number of aliphatic hydroxyl groups is 1. The van der Waals surface area contributed by atoms with Gasteiger partial charge in [-0.15, -0.1) is 11.1 Å². The fraction of sp³-hybridized carbons (Fsp3) is 0.0909. The Balaban J connectivity index is 0.000000400. The second-order valence-corrected chi connectivity index (χ2v) is 5.34. The Labute approximate surface area is 171 Å². The molecule has 0 saturated heterocycles. The van der Waals surface area contributed by atoms with Crippen molar-refractivity contribution < 1.29 is 39.2 Å². The minimum Gasteiger partial charge on any atom is -0.405 e. The Hall–Kier alpha value is -1.60. The predicted molar refractivity (Wildman–Crippen MR) is 96.8 cm³/mol. The fourth-order valence-corrected chi connectivity index (χ4v) is 2.21. The van der Waals surface area contributed by atoms with Crippen LogP contribution < -0.4 is 0 Å². The molecular formula is C22H22Fe2O. The zero-order chi connectivity index (χ0) is 16.4. The van der Waals surface area contributed by atoms with Crippen LogP contribution in [0.15, 0.2) is 109 Å². The second-order valence-electron chi connectivity index (χ2n) is 5.34. The zero-order valence-electron chi connectivity index (χ0n) is 14.0. The van der Waals surface area contributed by atoms with Crippen molar-refractivity contribution in [1.29, 1.82) is 0 Å². The van der Waals surface area contributed by atoms with Gasteiger partial charge < -0.3 is 5.11 Å². The molecule has 0 unspecified atom stereocenters. The Bertz CT molecular complexity index is 591. The van der Waals surface area contributed by atoms with Crippen molar-refractivity contribution in [1.82, 2.24) is 0 Å². The smallest absolute Gasteiger partial charge is 0.405 e. The van der Waals surface area contributed by atoms with E-state index in [0.717, 1.165) is 11.1 Å². The fourth-order valence-electron chi connectivity index (χ4n) is 2.21. The van der Waals surface area contributed by atoms with E-state index in [4.69, 9.17) is 0 Å². The van der Waals surface area contributed by atoms with Crippen LogP contribution in [0.2, 0.25) is 0 Å². The van der Waals surface area contributed by atoms with Gasteiger partial charge in [0.05, 0.1) is 0 Å².